The number of rotatable bonds is 5. The molecule has 0 aromatic carbocycles. The van der Waals surface area contributed by atoms with Crippen LogP contribution in [0.15, 0.2) is 0 Å². The van der Waals surface area contributed by atoms with Gasteiger partial charge in [0.25, 0.3) is 0 Å². The van der Waals surface area contributed by atoms with Gasteiger partial charge in [0, 0.05) is 5.92 Å². The third-order valence-corrected chi connectivity index (χ3v) is 2.61. The third kappa shape index (κ3) is 4.90. The zero-order valence-electron chi connectivity index (χ0n) is 9.93. The van der Waals surface area contributed by atoms with Crippen molar-refractivity contribution in [2.75, 3.05) is 0 Å². The molecule has 14 heavy (non-hydrogen) atoms. The summed E-state index contributed by atoms with van der Waals surface area (Å²) in [7, 11) is -4.71. The molecule has 6 heteroatoms. The Morgan fingerprint density at radius 1 is 1.21 bits per heavy atom. The summed E-state index contributed by atoms with van der Waals surface area (Å²) >= 11 is 0. The molecule has 0 fully saturated rings. The van der Waals surface area contributed by atoms with Crippen molar-refractivity contribution in [3.63, 3.8) is 0 Å². The monoisotopic (exact) mass is 225 g/mol. The van der Waals surface area contributed by atoms with Crippen LogP contribution >= 0.6 is 0 Å². The standard InChI is InChI=1S/C8H19NO4S/c1-5(2)7(6(3)4)8(9)13-14(10,11)12/h5-8H,9H2,1-4H3,(H,10,11,12). The summed E-state index contributed by atoms with van der Waals surface area (Å²) in [6.45, 7) is 7.63. The lowest BCUT2D eigenvalue weighted by Crippen LogP contribution is -2.40. The predicted molar refractivity (Wildman–Crippen MR) is 53.0 cm³/mol. The lowest BCUT2D eigenvalue weighted by molar-refractivity contribution is 0.0723. The van der Waals surface area contributed by atoms with Crippen molar-refractivity contribution in [2.45, 2.75) is 33.9 Å². The maximum atomic E-state index is 10.3. The molecule has 0 heterocycles. The zero-order chi connectivity index (χ0) is 11.5. The molecule has 1 atom stereocenters. The molecule has 0 aromatic heterocycles. The van der Waals surface area contributed by atoms with Crippen LogP contribution in [-0.4, -0.2) is 19.2 Å². The fourth-order valence-corrected chi connectivity index (χ4v) is 2.13. The lowest BCUT2D eigenvalue weighted by atomic mass is 9.84. The van der Waals surface area contributed by atoms with Crippen molar-refractivity contribution in [1.29, 1.82) is 0 Å². The van der Waals surface area contributed by atoms with E-state index in [2.05, 4.69) is 4.18 Å². The van der Waals surface area contributed by atoms with Gasteiger partial charge < -0.3 is 10.3 Å². The second kappa shape index (κ2) is 5.06. The first-order valence-electron chi connectivity index (χ1n) is 4.55. The molecular formula is C8H19NO4S. The van der Waals surface area contributed by atoms with Crippen LogP contribution in [0, 0.1) is 17.8 Å². The molecule has 86 valence electrons. The van der Waals surface area contributed by atoms with Crippen LogP contribution in [0.2, 0.25) is 0 Å². The first-order valence-corrected chi connectivity index (χ1v) is 5.88. The minimum absolute atomic E-state index is 0. The molecule has 0 bridgehead atoms. The molecule has 0 aliphatic heterocycles. The van der Waals surface area contributed by atoms with Crippen LogP contribution < -0.4 is 5.73 Å². The molecule has 0 radical (unpaired) electrons. The molecular weight excluding hydrogens is 206 g/mol. The number of hydrogen-bond acceptors (Lipinski definition) is 5. The lowest BCUT2D eigenvalue weighted by Gasteiger charge is -2.30. The maximum absolute atomic E-state index is 10.3. The molecule has 0 aliphatic rings. The fourth-order valence-electron chi connectivity index (χ4n) is 1.73. The number of nitrogens with two attached hydrogens (primary N) is 1. The van der Waals surface area contributed by atoms with Gasteiger partial charge in [-0.3, -0.25) is 4.18 Å². The summed E-state index contributed by atoms with van der Waals surface area (Å²) in [6.07, 6.45) is -1.06. The SMILES string of the molecule is CC(C)C(C(C)C)C(N)OS(=O)(=O)[O-].[H+]. The molecule has 0 spiro atoms. The quantitative estimate of drug-likeness (QED) is 0.424. The highest BCUT2D eigenvalue weighted by Crippen LogP contribution is 2.24. The van der Waals surface area contributed by atoms with E-state index in [1.807, 2.05) is 27.7 Å². The second-order valence-electron chi connectivity index (χ2n) is 4.03. The number of hydrogen-bond donors (Lipinski definition) is 1. The Hall–Kier alpha value is -0.170. The van der Waals surface area contributed by atoms with E-state index in [-0.39, 0.29) is 19.2 Å². The molecule has 0 rings (SSSR count). The van der Waals surface area contributed by atoms with Crippen molar-refractivity contribution in [1.82, 2.24) is 0 Å². The Bertz CT molecular complexity index is 258. The van der Waals surface area contributed by atoms with Gasteiger partial charge in [-0.05, 0) is 11.8 Å². The Morgan fingerprint density at radius 2 is 1.57 bits per heavy atom. The molecule has 2 N–H and O–H groups in total. The van der Waals surface area contributed by atoms with Gasteiger partial charge in [0.05, 0.1) is 0 Å². The van der Waals surface area contributed by atoms with E-state index in [0.29, 0.717) is 0 Å². The van der Waals surface area contributed by atoms with E-state index in [9.17, 15) is 13.0 Å². The Labute approximate surface area is 87.1 Å². The first-order chi connectivity index (χ1) is 6.15. The normalized spacial score (nSPS) is 15.5. The smallest absolute Gasteiger partial charge is 0.725 e. The highest BCUT2D eigenvalue weighted by Gasteiger charge is 2.26. The van der Waals surface area contributed by atoms with Crippen LogP contribution in [0.4, 0.5) is 0 Å². The average Bonchev–Trinajstić information content (AvgIpc) is 1.78. The molecule has 0 saturated heterocycles. The summed E-state index contributed by atoms with van der Waals surface area (Å²) in [6, 6.07) is 0. The van der Waals surface area contributed by atoms with E-state index in [4.69, 9.17) is 5.73 Å². The minimum Gasteiger partial charge on any atom is -0.725 e. The van der Waals surface area contributed by atoms with E-state index in [1.165, 1.54) is 0 Å². The predicted octanol–water partition coefficient (Wildman–Crippen LogP) is 0.789. The van der Waals surface area contributed by atoms with Crippen molar-refractivity contribution in [3.8, 4) is 0 Å². The molecule has 0 aliphatic carbocycles. The van der Waals surface area contributed by atoms with E-state index >= 15 is 0 Å². The molecule has 0 amide bonds. The highest BCUT2D eigenvalue weighted by atomic mass is 32.3. The van der Waals surface area contributed by atoms with Crippen molar-refractivity contribution in [2.24, 2.45) is 23.5 Å². The Morgan fingerprint density at radius 3 is 1.79 bits per heavy atom. The average molecular weight is 225 g/mol. The van der Waals surface area contributed by atoms with Gasteiger partial charge in [-0.2, -0.15) is 0 Å². The van der Waals surface area contributed by atoms with Gasteiger partial charge in [0.2, 0.25) is 10.4 Å². The molecule has 1 unspecified atom stereocenters. The summed E-state index contributed by atoms with van der Waals surface area (Å²) in [5, 5.41) is 0. The summed E-state index contributed by atoms with van der Waals surface area (Å²) in [5.74, 6) is 0.164. The van der Waals surface area contributed by atoms with Crippen LogP contribution in [0.5, 0.6) is 0 Å². The molecule has 5 nitrogen and oxygen atoms in total. The van der Waals surface area contributed by atoms with Gasteiger partial charge in [-0.25, -0.2) is 8.42 Å². The van der Waals surface area contributed by atoms with Crippen LogP contribution in [0.3, 0.4) is 0 Å². The van der Waals surface area contributed by atoms with Gasteiger partial charge in [0.15, 0.2) is 0 Å². The van der Waals surface area contributed by atoms with Gasteiger partial charge in [-0.15, -0.1) is 0 Å². The Balaban J connectivity index is 0. The van der Waals surface area contributed by atoms with E-state index < -0.39 is 16.6 Å². The fraction of sp³-hybridized carbons (Fsp3) is 1.00. The maximum Gasteiger partial charge on any atom is 1.00 e. The summed E-state index contributed by atoms with van der Waals surface area (Å²) in [5.41, 5.74) is 5.50. The summed E-state index contributed by atoms with van der Waals surface area (Å²) < 4.78 is 35.2. The second-order valence-corrected chi connectivity index (χ2v) is 5.04. The van der Waals surface area contributed by atoms with Gasteiger partial charge in [-0.1, -0.05) is 27.7 Å². The zero-order valence-corrected chi connectivity index (χ0v) is 9.74. The van der Waals surface area contributed by atoms with Crippen LogP contribution in [0.1, 0.15) is 29.1 Å². The topological polar surface area (TPSA) is 92.5 Å². The van der Waals surface area contributed by atoms with Crippen molar-refractivity contribution >= 4 is 10.4 Å². The highest BCUT2D eigenvalue weighted by molar-refractivity contribution is 7.80. The van der Waals surface area contributed by atoms with E-state index in [0.717, 1.165) is 0 Å². The van der Waals surface area contributed by atoms with Crippen LogP contribution in [0.25, 0.3) is 0 Å². The van der Waals surface area contributed by atoms with Crippen LogP contribution in [-0.2, 0) is 14.6 Å². The van der Waals surface area contributed by atoms with E-state index in [1.54, 1.807) is 0 Å². The third-order valence-electron chi connectivity index (χ3n) is 2.15. The van der Waals surface area contributed by atoms with Gasteiger partial charge in [0.1, 0.15) is 6.23 Å². The first kappa shape index (κ1) is 13.8. The summed E-state index contributed by atoms with van der Waals surface area (Å²) in [4.78, 5) is 0. The van der Waals surface area contributed by atoms with Gasteiger partial charge >= 0.3 is 1.43 Å². The molecule has 0 aromatic rings. The largest absolute Gasteiger partial charge is 1.00 e. The molecule has 0 saturated carbocycles. The Kier molecular flexibility index (Phi) is 5.00. The van der Waals surface area contributed by atoms with Crippen molar-refractivity contribution in [3.05, 3.63) is 0 Å². The minimum atomic E-state index is -4.71. The van der Waals surface area contributed by atoms with Crippen molar-refractivity contribution < 1.29 is 18.6 Å².